The number of hydrogen-bond acceptors (Lipinski definition) is 4. The van der Waals surface area contributed by atoms with E-state index in [0.717, 1.165) is 37.1 Å². The number of rotatable bonds is 6. The van der Waals surface area contributed by atoms with E-state index in [2.05, 4.69) is 39.9 Å². The van der Waals surface area contributed by atoms with Crippen LogP contribution in [0.2, 0.25) is 0 Å². The standard InChI is InChI=1S/C27H40N4O3S/c1-18(2)10-15-30-24(33)22(35-25(30)27(3,4)5)16-23(32)29-13-11-20(12-14-29)31-17-19-8-6-7-9-21(19)28-26(31)34/h6-9,18,20,22,25H,10-17H2,1-5H3,(H,28,34). The minimum absolute atomic E-state index is 0.0406. The zero-order chi connectivity index (χ0) is 25.3. The molecule has 3 heterocycles. The largest absolute Gasteiger partial charge is 0.342 e. The molecule has 0 saturated carbocycles. The van der Waals surface area contributed by atoms with Crippen LogP contribution in [0.4, 0.5) is 10.5 Å². The maximum Gasteiger partial charge on any atom is 0.322 e. The molecule has 8 heteroatoms. The second kappa shape index (κ2) is 10.4. The van der Waals surface area contributed by atoms with Crippen molar-refractivity contribution < 1.29 is 14.4 Å². The summed E-state index contributed by atoms with van der Waals surface area (Å²) in [5.41, 5.74) is 1.97. The molecule has 35 heavy (non-hydrogen) atoms. The molecule has 0 aromatic heterocycles. The normalized spacial score (nSPS) is 23.7. The maximum atomic E-state index is 13.3. The molecule has 2 saturated heterocycles. The Kier molecular flexibility index (Phi) is 7.69. The number of likely N-dealkylation sites (tertiary alicyclic amines) is 1. The number of carbonyl (C=O) groups excluding carboxylic acids is 3. The smallest absolute Gasteiger partial charge is 0.322 e. The topological polar surface area (TPSA) is 73.0 Å². The van der Waals surface area contributed by atoms with Crippen molar-refractivity contribution in [2.75, 3.05) is 25.0 Å². The number of nitrogens with one attached hydrogen (secondary N) is 1. The summed E-state index contributed by atoms with van der Waals surface area (Å²) in [6, 6.07) is 7.96. The Morgan fingerprint density at radius 1 is 1.14 bits per heavy atom. The molecular formula is C27H40N4O3S. The highest BCUT2D eigenvalue weighted by Gasteiger charge is 2.46. The lowest BCUT2D eigenvalue weighted by molar-refractivity contribution is -0.137. The van der Waals surface area contributed by atoms with Crippen molar-refractivity contribution in [3.8, 4) is 0 Å². The number of piperidine rings is 1. The third kappa shape index (κ3) is 5.79. The van der Waals surface area contributed by atoms with Gasteiger partial charge in [-0.2, -0.15) is 0 Å². The van der Waals surface area contributed by atoms with Crippen LogP contribution in [0.25, 0.3) is 0 Å². The molecule has 2 unspecified atom stereocenters. The van der Waals surface area contributed by atoms with Gasteiger partial charge in [-0.05, 0) is 42.2 Å². The van der Waals surface area contributed by atoms with Crippen molar-refractivity contribution >= 4 is 35.3 Å². The van der Waals surface area contributed by atoms with E-state index in [-0.39, 0.29) is 46.3 Å². The molecular weight excluding hydrogens is 460 g/mol. The molecule has 3 aliphatic heterocycles. The van der Waals surface area contributed by atoms with Crippen LogP contribution in [-0.4, -0.2) is 68.8 Å². The first kappa shape index (κ1) is 25.9. The van der Waals surface area contributed by atoms with E-state index in [1.165, 1.54) is 0 Å². The number of fused-ring (bicyclic) bond motifs is 1. The summed E-state index contributed by atoms with van der Waals surface area (Å²) in [7, 11) is 0. The lowest BCUT2D eigenvalue weighted by Crippen LogP contribution is -2.51. The minimum Gasteiger partial charge on any atom is -0.342 e. The third-order valence-corrected chi connectivity index (χ3v) is 9.22. The summed E-state index contributed by atoms with van der Waals surface area (Å²) in [5, 5.41) is 2.78. The Bertz CT molecular complexity index is 952. The van der Waals surface area contributed by atoms with Crippen molar-refractivity contribution in [2.45, 2.75) is 83.5 Å². The van der Waals surface area contributed by atoms with Crippen LogP contribution in [-0.2, 0) is 16.1 Å². The highest BCUT2D eigenvalue weighted by Crippen LogP contribution is 2.43. The fourth-order valence-electron chi connectivity index (χ4n) is 5.25. The lowest BCUT2D eigenvalue weighted by Gasteiger charge is -2.40. The second-order valence-corrected chi connectivity index (χ2v) is 12.9. The molecule has 7 nitrogen and oxygen atoms in total. The summed E-state index contributed by atoms with van der Waals surface area (Å²) in [4.78, 5) is 44.9. The quantitative estimate of drug-likeness (QED) is 0.610. The monoisotopic (exact) mass is 500 g/mol. The number of para-hydroxylation sites is 1. The van der Waals surface area contributed by atoms with Gasteiger partial charge in [0.1, 0.15) is 0 Å². The SMILES string of the molecule is CC(C)CCN1C(=O)C(CC(=O)N2CCC(N3Cc4ccccc4NC3=O)CC2)SC1C(C)(C)C. The lowest BCUT2D eigenvalue weighted by atomic mass is 9.95. The first-order valence-electron chi connectivity index (χ1n) is 12.9. The molecule has 4 amide bonds. The van der Waals surface area contributed by atoms with Crippen LogP contribution in [0.1, 0.15) is 65.9 Å². The highest BCUT2D eigenvalue weighted by molar-refractivity contribution is 8.01. The molecule has 2 atom stereocenters. The summed E-state index contributed by atoms with van der Waals surface area (Å²) < 4.78 is 0. The average Bonchev–Trinajstić information content (AvgIpc) is 3.12. The van der Waals surface area contributed by atoms with Gasteiger partial charge in [0.05, 0.1) is 10.6 Å². The van der Waals surface area contributed by atoms with Gasteiger partial charge in [-0.15, -0.1) is 11.8 Å². The number of amides is 4. The molecule has 192 valence electrons. The van der Waals surface area contributed by atoms with Gasteiger partial charge < -0.3 is 20.0 Å². The van der Waals surface area contributed by atoms with Crippen molar-refractivity contribution in [2.24, 2.45) is 11.3 Å². The minimum atomic E-state index is -0.305. The summed E-state index contributed by atoms with van der Waals surface area (Å²) in [6.45, 7) is 13.5. The van der Waals surface area contributed by atoms with Gasteiger partial charge in [-0.3, -0.25) is 9.59 Å². The number of anilines is 1. The van der Waals surface area contributed by atoms with E-state index in [1.807, 2.05) is 39.0 Å². The Morgan fingerprint density at radius 2 is 1.83 bits per heavy atom. The second-order valence-electron chi connectivity index (χ2n) is 11.6. The average molecular weight is 501 g/mol. The molecule has 0 aliphatic carbocycles. The summed E-state index contributed by atoms with van der Waals surface area (Å²) in [6.07, 6.45) is 2.76. The summed E-state index contributed by atoms with van der Waals surface area (Å²) in [5.74, 6) is 0.703. The first-order valence-corrected chi connectivity index (χ1v) is 13.9. The van der Waals surface area contributed by atoms with Crippen molar-refractivity contribution in [1.29, 1.82) is 0 Å². The van der Waals surface area contributed by atoms with Crippen LogP contribution in [0.15, 0.2) is 24.3 Å². The molecule has 0 radical (unpaired) electrons. The zero-order valence-corrected chi connectivity index (χ0v) is 22.6. The van der Waals surface area contributed by atoms with Gasteiger partial charge >= 0.3 is 6.03 Å². The van der Waals surface area contributed by atoms with Crippen LogP contribution < -0.4 is 5.32 Å². The van der Waals surface area contributed by atoms with E-state index in [0.29, 0.717) is 25.6 Å². The maximum absolute atomic E-state index is 13.3. The predicted molar refractivity (Wildman–Crippen MR) is 141 cm³/mol. The van der Waals surface area contributed by atoms with Crippen molar-refractivity contribution in [1.82, 2.24) is 14.7 Å². The first-order chi connectivity index (χ1) is 16.5. The fourth-order valence-corrected chi connectivity index (χ4v) is 6.82. The van der Waals surface area contributed by atoms with E-state index < -0.39 is 0 Å². The van der Waals surface area contributed by atoms with Crippen molar-refractivity contribution in [3.63, 3.8) is 0 Å². The molecule has 1 aromatic carbocycles. The molecule has 0 bridgehead atoms. The van der Waals surface area contributed by atoms with E-state index >= 15 is 0 Å². The summed E-state index contributed by atoms with van der Waals surface area (Å²) >= 11 is 1.66. The Labute approximate surface area is 214 Å². The molecule has 1 aromatic rings. The number of urea groups is 1. The number of benzene rings is 1. The zero-order valence-electron chi connectivity index (χ0n) is 21.8. The Morgan fingerprint density at radius 3 is 2.49 bits per heavy atom. The molecule has 3 aliphatic rings. The Balaban J connectivity index is 1.32. The van der Waals surface area contributed by atoms with Gasteiger partial charge in [0.15, 0.2) is 0 Å². The van der Waals surface area contributed by atoms with Crippen LogP contribution in [0, 0.1) is 11.3 Å². The molecule has 0 spiro atoms. The predicted octanol–water partition coefficient (Wildman–Crippen LogP) is 4.78. The van der Waals surface area contributed by atoms with Gasteiger partial charge in [-0.25, -0.2) is 4.79 Å². The number of carbonyl (C=O) groups is 3. The van der Waals surface area contributed by atoms with E-state index in [1.54, 1.807) is 11.8 Å². The van der Waals surface area contributed by atoms with Crippen molar-refractivity contribution in [3.05, 3.63) is 29.8 Å². The van der Waals surface area contributed by atoms with E-state index in [4.69, 9.17) is 0 Å². The Hall–Kier alpha value is -2.22. The van der Waals surface area contributed by atoms with Crippen LogP contribution >= 0.6 is 11.8 Å². The highest BCUT2D eigenvalue weighted by atomic mass is 32.2. The van der Waals surface area contributed by atoms with Gasteiger partial charge in [-0.1, -0.05) is 52.8 Å². The van der Waals surface area contributed by atoms with Gasteiger partial charge in [0.2, 0.25) is 11.8 Å². The van der Waals surface area contributed by atoms with Gasteiger partial charge in [0, 0.05) is 44.3 Å². The fraction of sp³-hybridized carbons (Fsp3) is 0.667. The van der Waals surface area contributed by atoms with Crippen LogP contribution in [0.3, 0.4) is 0 Å². The third-order valence-electron chi connectivity index (χ3n) is 7.30. The molecule has 2 fully saturated rings. The number of hydrogen-bond donors (Lipinski definition) is 1. The van der Waals surface area contributed by atoms with Gasteiger partial charge in [0.25, 0.3) is 0 Å². The number of thioether (sulfide) groups is 1. The molecule has 1 N–H and O–H groups in total. The van der Waals surface area contributed by atoms with Crippen LogP contribution in [0.5, 0.6) is 0 Å². The van der Waals surface area contributed by atoms with E-state index in [9.17, 15) is 14.4 Å². The number of nitrogens with zero attached hydrogens (tertiary/aromatic N) is 3. The molecule has 4 rings (SSSR count).